The second-order valence-electron chi connectivity index (χ2n) is 4.37. The van der Waals surface area contributed by atoms with Crippen LogP contribution in [-0.4, -0.2) is 19.1 Å². The van der Waals surface area contributed by atoms with Crippen LogP contribution in [0.25, 0.3) is 10.8 Å². The van der Waals surface area contributed by atoms with Crippen LogP contribution in [0.3, 0.4) is 0 Å². The molecule has 0 aromatic heterocycles. The van der Waals surface area contributed by atoms with Gasteiger partial charge in [-0.1, -0.05) is 36.4 Å². The van der Waals surface area contributed by atoms with E-state index < -0.39 is 0 Å². The maximum Gasteiger partial charge on any atom is 0.0448 e. The summed E-state index contributed by atoms with van der Waals surface area (Å²) >= 11 is 0. The smallest absolute Gasteiger partial charge is 0.0448 e. The third-order valence-electron chi connectivity index (χ3n) is 3.29. The first-order valence-electron chi connectivity index (χ1n) is 6.22. The number of nitrogens with two attached hydrogens (primary N) is 1. The molecule has 0 aliphatic heterocycles. The van der Waals surface area contributed by atoms with Crippen LogP contribution in [0.2, 0.25) is 0 Å². The molecule has 1 unspecified atom stereocenters. The highest BCUT2D eigenvalue weighted by atomic mass is 15.2. The van der Waals surface area contributed by atoms with E-state index in [9.17, 15) is 0 Å². The lowest BCUT2D eigenvalue weighted by Crippen LogP contribution is -2.38. The first kappa shape index (κ1) is 11.9. The molecule has 2 heteroatoms. The number of fused-ring (bicyclic) bond motifs is 1. The summed E-state index contributed by atoms with van der Waals surface area (Å²) < 4.78 is 0. The minimum Gasteiger partial charge on any atom is -0.367 e. The van der Waals surface area contributed by atoms with Crippen LogP contribution in [-0.2, 0) is 0 Å². The Morgan fingerprint density at radius 3 is 2.53 bits per heavy atom. The van der Waals surface area contributed by atoms with Crippen molar-refractivity contribution in [2.24, 2.45) is 5.73 Å². The van der Waals surface area contributed by atoms with Crippen molar-refractivity contribution in [1.29, 1.82) is 0 Å². The van der Waals surface area contributed by atoms with Gasteiger partial charge in [0.05, 0.1) is 0 Å². The van der Waals surface area contributed by atoms with Gasteiger partial charge in [0.25, 0.3) is 0 Å². The maximum atomic E-state index is 5.79. The molecule has 17 heavy (non-hydrogen) atoms. The Bertz CT molecular complexity index is 488. The zero-order valence-corrected chi connectivity index (χ0v) is 10.6. The Kier molecular flexibility index (Phi) is 3.64. The molecule has 0 fully saturated rings. The first-order valence-corrected chi connectivity index (χ1v) is 6.22. The van der Waals surface area contributed by atoms with Crippen molar-refractivity contribution in [1.82, 2.24) is 0 Å². The number of likely N-dealkylation sites (N-methyl/N-ethyl adjacent to an activating group) is 1. The third-order valence-corrected chi connectivity index (χ3v) is 3.29. The Labute approximate surface area is 103 Å². The molecule has 0 radical (unpaired) electrons. The van der Waals surface area contributed by atoms with Crippen LogP contribution in [0.4, 0.5) is 5.69 Å². The molecular weight excluding hydrogens is 208 g/mol. The van der Waals surface area contributed by atoms with Gasteiger partial charge in [0.2, 0.25) is 0 Å². The number of rotatable bonds is 4. The highest BCUT2D eigenvalue weighted by molar-refractivity contribution is 5.94. The van der Waals surface area contributed by atoms with E-state index in [1.807, 2.05) is 0 Å². The quantitative estimate of drug-likeness (QED) is 0.871. The van der Waals surface area contributed by atoms with Crippen molar-refractivity contribution >= 4 is 16.5 Å². The summed E-state index contributed by atoms with van der Waals surface area (Å²) in [4.78, 5) is 2.36. The van der Waals surface area contributed by atoms with E-state index in [0.29, 0.717) is 12.6 Å². The van der Waals surface area contributed by atoms with Gasteiger partial charge in [-0.15, -0.1) is 0 Å². The first-order chi connectivity index (χ1) is 8.27. The minimum absolute atomic E-state index is 0.366. The summed E-state index contributed by atoms with van der Waals surface area (Å²) in [5.74, 6) is 0. The average Bonchev–Trinajstić information content (AvgIpc) is 2.39. The normalized spacial score (nSPS) is 12.6. The lowest BCUT2D eigenvalue weighted by atomic mass is 10.1. The molecule has 2 nitrogen and oxygen atoms in total. The number of benzene rings is 2. The van der Waals surface area contributed by atoms with Gasteiger partial charge in [-0.25, -0.2) is 0 Å². The minimum atomic E-state index is 0.366. The Morgan fingerprint density at radius 2 is 1.82 bits per heavy atom. The van der Waals surface area contributed by atoms with Gasteiger partial charge in [0.1, 0.15) is 0 Å². The van der Waals surface area contributed by atoms with E-state index in [4.69, 9.17) is 5.73 Å². The van der Waals surface area contributed by atoms with Crippen molar-refractivity contribution in [2.45, 2.75) is 19.9 Å². The van der Waals surface area contributed by atoms with E-state index in [-0.39, 0.29) is 0 Å². The number of anilines is 1. The van der Waals surface area contributed by atoms with Crippen LogP contribution < -0.4 is 10.6 Å². The molecule has 0 saturated carbocycles. The molecule has 2 rings (SSSR count). The summed E-state index contributed by atoms with van der Waals surface area (Å²) in [7, 11) is 0. The Balaban J connectivity index is 2.53. The van der Waals surface area contributed by atoms with Crippen molar-refractivity contribution in [3.8, 4) is 0 Å². The number of hydrogen-bond acceptors (Lipinski definition) is 2. The largest absolute Gasteiger partial charge is 0.367 e. The third kappa shape index (κ3) is 2.27. The lowest BCUT2D eigenvalue weighted by Gasteiger charge is -2.30. The van der Waals surface area contributed by atoms with Crippen LogP contribution in [0.15, 0.2) is 42.5 Å². The molecule has 0 bridgehead atoms. The molecule has 2 N–H and O–H groups in total. The van der Waals surface area contributed by atoms with E-state index >= 15 is 0 Å². The predicted molar refractivity (Wildman–Crippen MR) is 75.5 cm³/mol. The summed E-state index contributed by atoms with van der Waals surface area (Å²) in [5, 5.41) is 2.59. The van der Waals surface area contributed by atoms with E-state index in [0.717, 1.165) is 6.54 Å². The number of nitrogens with zero attached hydrogens (tertiary/aromatic N) is 1. The van der Waals surface area contributed by atoms with Gasteiger partial charge >= 0.3 is 0 Å². The zero-order valence-electron chi connectivity index (χ0n) is 10.6. The van der Waals surface area contributed by atoms with Gasteiger partial charge in [-0.3, -0.25) is 0 Å². The Morgan fingerprint density at radius 1 is 1.12 bits per heavy atom. The molecule has 1 atom stereocenters. The monoisotopic (exact) mass is 228 g/mol. The maximum absolute atomic E-state index is 5.79. The highest BCUT2D eigenvalue weighted by Gasteiger charge is 2.13. The molecule has 90 valence electrons. The van der Waals surface area contributed by atoms with Crippen molar-refractivity contribution in [3.05, 3.63) is 42.5 Å². The predicted octanol–water partition coefficient (Wildman–Crippen LogP) is 3.01. The SMILES string of the molecule is CCN(c1cccc2ccccc12)C(C)CN. The Hall–Kier alpha value is -1.54. The molecule has 0 saturated heterocycles. The molecule has 0 amide bonds. The van der Waals surface area contributed by atoms with Crippen molar-refractivity contribution in [2.75, 3.05) is 18.0 Å². The molecule has 2 aromatic carbocycles. The van der Waals surface area contributed by atoms with E-state index in [2.05, 4.69) is 61.2 Å². The van der Waals surface area contributed by atoms with Crippen LogP contribution in [0.1, 0.15) is 13.8 Å². The van der Waals surface area contributed by atoms with Gasteiger partial charge in [0.15, 0.2) is 0 Å². The topological polar surface area (TPSA) is 29.3 Å². The lowest BCUT2D eigenvalue weighted by molar-refractivity contribution is 0.659. The molecule has 0 spiro atoms. The molecule has 0 heterocycles. The van der Waals surface area contributed by atoms with Gasteiger partial charge in [-0.2, -0.15) is 0 Å². The summed E-state index contributed by atoms with van der Waals surface area (Å²) in [6.45, 7) is 6.00. The van der Waals surface area contributed by atoms with Gasteiger partial charge < -0.3 is 10.6 Å². The van der Waals surface area contributed by atoms with Crippen LogP contribution in [0, 0.1) is 0 Å². The summed E-state index contributed by atoms with van der Waals surface area (Å²) in [6, 6.07) is 15.3. The second kappa shape index (κ2) is 5.19. The molecule has 0 aliphatic carbocycles. The zero-order chi connectivity index (χ0) is 12.3. The van der Waals surface area contributed by atoms with E-state index in [1.165, 1.54) is 16.5 Å². The summed E-state index contributed by atoms with van der Waals surface area (Å²) in [5.41, 5.74) is 7.07. The van der Waals surface area contributed by atoms with Crippen LogP contribution >= 0.6 is 0 Å². The summed E-state index contributed by atoms with van der Waals surface area (Å²) in [6.07, 6.45) is 0. The van der Waals surface area contributed by atoms with Crippen molar-refractivity contribution in [3.63, 3.8) is 0 Å². The average molecular weight is 228 g/mol. The fourth-order valence-electron chi connectivity index (χ4n) is 2.31. The van der Waals surface area contributed by atoms with Crippen LogP contribution in [0.5, 0.6) is 0 Å². The van der Waals surface area contributed by atoms with Crippen molar-refractivity contribution < 1.29 is 0 Å². The molecular formula is C15H20N2. The highest BCUT2D eigenvalue weighted by Crippen LogP contribution is 2.27. The standard InChI is InChI=1S/C15H20N2/c1-3-17(12(2)11-16)15-10-6-8-13-7-4-5-9-14(13)15/h4-10,12H,3,11,16H2,1-2H3. The van der Waals surface area contributed by atoms with Gasteiger partial charge in [0, 0.05) is 30.2 Å². The van der Waals surface area contributed by atoms with E-state index in [1.54, 1.807) is 0 Å². The fourth-order valence-corrected chi connectivity index (χ4v) is 2.31. The molecule has 0 aliphatic rings. The molecule has 2 aromatic rings. The van der Waals surface area contributed by atoms with Gasteiger partial charge in [-0.05, 0) is 25.3 Å². The second-order valence-corrected chi connectivity index (χ2v) is 4.37. The fraction of sp³-hybridized carbons (Fsp3) is 0.333. The number of hydrogen-bond donors (Lipinski definition) is 1.